The summed E-state index contributed by atoms with van der Waals surface area (Å²) in [6, 6.07) is 71.9. The fourth-order valence-corrected chi connectivity index (χ4v) is 8.90. The van der Waals surface area contributed by atoms with Crippen LogP contribution in [-0.4, -0.2) is 9.97 Å². The molecule has 0 amide bonds. The summed E-state index contributed by atoms with van der Waals surface area (Å²) in [6.07, 6.45) is 0. The first-order valence-electron chi connectivity index (χ1n) is 19.4. The highest BCUT2D eigenvalue weighted by atomic mass is 16.5. The Labute approximate surface area is 337 Å². The van der Waals surface area contributed by atoms with Crippen LogP contribution in [0.1, 0.15) is 27.8 Å². The van der Waals surface area contributed by atoms with Crippen LogP contribution in [0.4, 0.5) is 0 Å². The topological polar surface area (TPSA) is 58.8 Å². The predicted molar refractivity (Wildman–Crippen MR) is 231 cm³/mol. The Hall–Kier alpha value is -7.87. The molecule has 1 atom stereocenters. The molecule has 2 heterocycles. The molecule has 0 saturated heterocycles. The minimum Gasteiger partial charge on any atom is -0.457 e. The SMILES string of the molecule is N#Cc1ccc(-c2ccc3c(c2)C2(c4ccccc4Oc4ccc(-c5ccc(-c6nc(-c7ccccc7)cc(-c7ccccc7)n6)cc5)cc42)c2ccccc2-3)cc1. The van der Waals surface area contributed by atoms with E-state index in [9.17, 15) is 5.26 Å². The number of hydrogen-bond donors (Lipinski definition) is 0. The van der Waals surface area contributed by atoms with Crippen molar-refractivity contribution in [2.24, 2.45) is 0 Å². The first kappa shape index (κ1) is 33.5. The molecular weight excluding hydrogens is 707 g/mol. The minimum atomic E-state index is -0.631. The van der Waals surface area contributed by atoms with Crippen molar-refractivity contribution in [3.05, 3.63) is 228 Å². The molecule has 8 aromatic carbocycles. The molecule has 4 heteroatoms. The maximum atomic E-state index is 9.48. The molecule has 0 fully saturated rings. The number of benzene rings is 8. The zero-order chi connectivity index (χ0) is 38.6. The second-order valence-electron chi connectivity index (χ2n) is 14.8. The van der Waals surface area contributed by atoms with E-state index in [0.29, 0.717) is 11.4 Å². The average Bonchev–Trinajstić information content (AvgIpc) is 3.59. The second kappa shape index (κ2) is 13.4. The number of rotatable bonds is 5. The summed E-state index contributed by atoms with van der Waals surface area (Å²) in [5, 5.41) is 9.48. The van der Waals surface area contributed by atoms with Gasteiger partial charge in [0, 0.05) is 27.8 Å². The van der Waals surface area contributed by atoms with Crippen molar-refractivity contribution >= 4 is 0 Å². The largest absolute Gasteiger partial charge is 0.457 e. The smallest absolute Gasteiger partial charge is 0.160 e. The van der Waals surface area contributed by atoms with Crippen LogP contribution in [0.25, 0.3) is 67.3 Å². The van der Waals surface area contributed by atoms with Crippen molar-refractivity contribution in [2.75, 3.05) is 0 Å². The van der Waals surface area contributed by atoms with Crippen LogP contribution < -0.4 is 4.74 Å². The van der Waals surface area contributed by atoms with Gasteiger partial charge < -0.3 is 4.74 Å². The second-order valence-corrected chi connectivity index (χ2v) is 14.8. The van der Waals surface area contributed by atoms with Gasteiger partial charge in [-0.25, -0.2) is 9.97 Å². The van der Waals surface area contributed by atoms with Crippen molar-refractivity contribution in [3.63, 3.8) is 0 Å². The Morgan fingerprint density at radius 3 is 1.55 bits per heavy atom. The van der Waals surface area contributed by atoms with Crippen LogP contribution >= 0.6 is 0 Å². The van der Waals surface area contributed by atoms with Gasteiger partial charge in [-0.05, 0) is 87.0 Å². The average molecular weight is 740 g/mol. The van der Waals surface area contributed by atoms with Crippen LogP contribution in [-0.2, 0) is 5.41 Å². The van der Waals surface area contributed by atoms with E-state index in [1.54, 1.807) is 0 Å². The third-order valence-electron chi connectivity index (χ3n) is 11.6. The van der Waals surface area contributed by atoms with Gasteiger partial charge in [0.2, 0.25) is 0 Å². The highest BCUT2D eigenvalue weighted by Crippen LogP contribution is 2.62. The highest BCUT2D eigenvalue weighted by Gasteiger charge is 2.51. The van der Waals surface area contributed by atoms with Gasteiger partial charge in [0.25, 0.3) is 0 Å². The molecule has 1 aliphatic carbocycles. The van der Waals surface area contributed by atoms with Crippen LogP contribution in [0.3, 0.4) is 0 Å². The molecule has 2 aliphatic rings. The van der Waals surface area contributed by atoms with Crippen molar-refractivity contribution in [1.29, 1.82) is 5.26 Å². The zero-order valence-electron chi connectivity index (χ0n) is 31.3. The molecule has 1 aliphatic heterocycles. The summed E-state index contributed by atoms with van der Waals surface area (Å²) in [7, 11) is 0. The number of ether oxygens (including phenoxy) is 1. The van der Waals surface area contributed by atoms with E-state index in [1.807, 2.05) is 66.7 Å². The van der Waals surface area contributed by atoms with E-state index in [-0.39, 0.29) is 0 Å². The lowest BCUT2D eigenvalue weighted by Gasteiger charge is -2.39. The monoisotopic (exact) mass is 739 g/mol. The van der Waals surface area contributed by atoms with Gasteiger partial charge in [0.05, 0.1) is 28.4 Å². The molecule has 9 aromatic rings. The van der Waals surface area contributed by atoms with Gasteiger partial charge in [0.1, 0.15) is 11.5 Å². The van der Waals surface area contributed by atoms with Gasteiger partial charge in [-0.1, -0.05) is 158 Å². The van der Waals surface area contributed by atoms with E-state index in [4.69, 9.17) is 14.7 Å². The summed E-state index contributed by atoms with van der Waals surface area (Å²) in [5.41, 5.74) is 16.2. The van der Waals surface area contributed by atoms with Crippen LogP contribution in [0.15, 0.2) is 200 Å². The number of para-hydroxylation sites is 1. The molecule has 0 bridgehead atoms. The van der Waals surface area contributed by atoms with E-state index in [1.165, 1.54) is 22.3 Å². The van der Waals surface area contributed by atoms with Gasteiger partial charge in [-0.3, -0.25) is 0 Å². The highest BCUT2D eigenvalue weighted by molar-refractivity contribution is 5.91. The number of aromatic nitrogens is 2. The molecule has 4 nitrogen and oxygen atoms in total. The maximum absolute atomic E-state index is 9.48. The predicted octanol–water partition coefficient (Wildman–Crippen LogP) is 13.2. The quantitative estimate of drug-likeness (QED) is 0.176. The number of fused-ring (bicyclic) bond motifs is 9. The Morgan fingerprint density at radius 2 is 0.879 bits per heavy atom. The van der Waals surface area contributed by atoms with Crippen LogP contribution in [0.2, 0.25) is 0 Å². The molecule has 11 rings (SSSR count). The number of nitriles is 1. The first-order valence-corrected chi connectivity index (χ1v) is 19.4. The van der Waals surface area contributed by atoms with E-state index >= 15 is 0 Å². The summed E-state index contributed by atoms with van der Waals surface area (Å²) in [5.74, 6) is 2.37. The lowest BCUT2D eigenvalue weighted by molar-refractivity contribution is 0.436. The molecule has 1 unspecified atom stereocenters. The normalized spacial score (nSPS) is 14.4. The van der Waals surface area contributed by atoms with Crippen molar-refractivity contribution in [2.45, 2.75) is 5.41 Å². The minimum absolute atomic E-state index is 0.631. The van der Waals surface area contributed by atoms with Crippen molar-refractivity contribution < 1.29 is 4.74 Å². The third kappa shape index (κ3) is 5.29. The molecule has 0 radical (unpaired) electrons. The fourth-order valence-electron chi connectivity index (χ4n) is 8.90. The van der Waals surface area contributed by atoms with Crippen LogP contribution in [0.5, 0.6) is 11.5 Å². The molecule has 0 saturated carbocycles. The number of nitrogens with zero attached hydrogens (tertiary/aromatic N) is 3. The standard InChI is InChI=1S/C54H33N3O/c55-34-35-19-21-36(22-20-35)41-27-29-44-43-15-7-8-16-45(43)54(47(44)31-41)46-17-9-10-18-51(46)58-52-30-28-42(32-48(52)54)37-23-25-40(26-24-37)53-56-49(38-11-3-1-4-12-38)33-50(57-53)39-13-5-2-6-14-39/h1-33H. The first-order chi connectivity index (χ1) is 28.7. The summed E-state index contributed by atoms with van der Waals surface area (Å²) in [4.78, 5) is 10.1. The van der Waals surface area contributed by atoms with E-state index in [0.717, 1.165) is 73.0 Å². The Kier molecular flexibility index (Phi) is 7.74. The van der Waals surface area contributed by atoms with E-state index < -0.39 is 5.41 Å². The summed E-state index contributed by atoms with van der Waals surface area (Å²) >= 11 is 0. The number of hydrogen-bond acceptors (Lipinski definition) is 4. The zero-order valence-corrected chi connectivity index (χ0v) is 31.3. The molecular formula is C54H33N3O. The van der Waals surface area contributed by atoms with Gasteiger partial charge >= 0.3 is 0 Å². The molecule has 1 aromatic heterocycles. The molecule has 1 spiro atoms. The molecule has 58 heavy (non-hydrogen) atoms. The lowest BCUT2D eigenvalue weighted by atomic mass is 9.65. The maximum Gasteiger partial charge on any atom is 0.160 e. The molecule has 270 valence electrons. The van der Waals surface area contributed by atoms with Gasteiger partial charge in [0.15, 0.2) is 5.82 Å². The Bertz CT molecular complexity index is 3020. The Balaban J connectivity index is 1.06. The summed E-state index contributed by atoms with van der Waals surface area (Å²) in [6.45, 7) is 0. The van der Waals surface area contributed by atoms with Gasteiger partial charge in [-0.2, -0.15) is 5.26 Å². The van der Waals surface area contributed by atoms with Crippen molar-refractivity contribution in [1.82, 2.24) is 9.97 Å². The Morgan fingerprint density at radius 1 is 0.379 bits per heavy atom. The van der Waals surface area contributed by atoms with Crippen molar-refractivity contribution in [3.8, 4) is 84.9 Å². The van der Waals surface area contributed by atoms with Gasteiger partial charge in [-0.15, -0.1) is 0 Å². The summed E-state index contributed by atoms with van der Waals surface area (Å²) < 4.78 is 6.75. The fraction of sp³-hybridized carbons (Fsp3) is 0.0185. The molecule has 0 N–H and O–H groups in total. The lowest BCUT2D eigenvalue weighted by Crippen LogP contribution is -2.32. The van der Waals surface area contributed by atoms with Crippen LogP contribution in [0, 0.1) is 11.3 Å². The third-order valence-corrected chi connectivity index (χ3v) is 11.6. The van der Waals surface area contributed by atoms with E-state index in [2.05, 4.69) is 140 Å².